The molecule has 1 atom stereocenters. The van der Waals surface area contributed by atoms with Gasteiger partial charge in [-0.05, 0) is 30.7 Å². The Balaban J connectivity index is 2.07. The Labute approximate surface area is 142 Å². The molecular formula is C18H16N4OS. The molecule has 1 unspecified atom stereocenters. The number of thioether (sulfide) groups is 1. The normalized spacial score (nSPS) is 12.9. The molecule has 2 aromatic carbocycles. The Kier molecular flexibility index (Phi) is 3.61. The van der Waals surface area contributed by atoms with E-state index in [4.69, 9.17) is 15.7 Å². The first-order valence-corrected chi connectivity index (χ1v) is 8.69. The molecular weight excluding hydrogens is 320 g/mol. The van der Waals surface area contributed by atoms with Crippen LogP contribution in [0.4, 0.5) is 0 Å². The number of hydrogen-bond acceptors (Lipinski definition) is 4. The van der Waals surface area contributed by atoms with E-state index in [0.717, 1.165) is 32.7 Å². The highest BCUT2D eigenvalue weighted by Gasteiger charge is 2.20. The van der Waals surface area contributed by atoms with E-state index in [1.165, 1.54) is 11.8 Å². The van der Waals surface area contributed by atoms with Gasteiger partial charge in [-0.2, -0.15) is 0 Å². The quantitative estimate of drug-likeness (QED) is 0.458. The molecule has 6 heteroatoms. The number of amides is 1. The largest absolute Gasteiger partial charge is 0.369 e. The van der Waals surface area contributed by atoms with Crippen molar-refractivity contribution in [1.82, 2.24) is 14.4 Å². The van der Waals surface area contributed by atoms with Crippen molar-refractivity contribution >= 4 is 45.3 Å². The van der Waals surface area contributed by atoms with Crippen LogP contribution in [0.2, 0.25) is 0 Å². The molecule has 24 heavy (non-hydrogen) atoms. The van der Waals surface area contributed by atoms with E-state index in [9.17, 15) is 4.79 Å². The summed E-state index contributed by atoms with van der Waals surface area (Å²) in [5.74, 6) is -0.324. The van der Waals surface area contributed by atoms with Crippen LogP contribution in [0, 0.1) is 0 Å². The Morgan fingerprint density at radius 1 is 1.12 bits per heavy atom. The second-order valence-corrected chi connectivity index (χ2v) is 6.76. The van der Waals surface area contributed by atoms with Crippen molar-refractivity contribution in [2.75, 3.05) is 0 Å². The Morgan fingerprint density at radius 2 is 1.83 bits per heavy atom. The molecule has 0 aliphatic heterocycles. The van der Waals surface area contributed by atoms with Crippen LogP contribution in [-0.2, 0) is 4.79 Å². The molecule has 0 aliphatic carbocycles. The standard InChI is InChI=1S/C18H16N4OS/c1-2-15(16(19)23)24-18-21-12-8-4-3-7-11(12)17-20-13-9-5-6-10-14(13)22(17)18/h3-10,15H,2H2,1H3,(H2,19,23). The summed E-state index contributed by atoms with van der Waals surface area (Å²) in [6, 6.07) is 15.9. The second-order valence-electron chi connectivity index (χ2n) is 5.59. The third-order valence-corrected chi connectivity index (χ3v) is 5.38. The Hall–Kier alpha value is -2.60. The number of hydrogen-bond donors (Lipinski definition) is 1. The van der Waals surface area contributed by atoms with Gasteiger partial charge in [0.2, 0.25) is 5.91 Å². The molecule has 0 saturated carbocycles. The molecule has 2 aromatic heterocycles. The fourth-order valence-electron chi connectivity index (χ4n) is 2.86. The molecule has 2 N–H and O–H groups in total. The minimum Gasteiger partial charge on any atom is -0.369 e. The molecule has 0 bridgehead atoms. The van der Waals surface area contributed by atoms with E-state index < -0.39 is 0 Å². The smallest absolute Gasteiger partial charge is 0.231 e. The fourth-order valence-corrected chi connectivity index (χ4v) is 3.84. The molecule has 4 rings (SSSR count). The molecule has 0 radical (unpaired) electrons. The minimum atomic E-state index is -0.324. The number of nitrogens with two attached hydrogens (primary N) is 1. The van der Waals surface area contributed by atoms with Gasteiger partial charge in [-0.25, -0.2) is 9.97 Å². The van der Waals surface area contributed by atoms with Gasteiger partial charge in [0.05, 0.1) is 21.8 Å². The second kappa shape index (κ2) is 5.79. The van der Waals surface area contributed by atoms with Crippen LogP contribution in [0.15, 0.2) is 53.7 Å². The van der Waals surface area contributed by atoms with Gasteiger partial charge in [-0.3, -0.25) is 9.20 Å². The lowest BCUT2D eigenvalue weighted by Crippen LogP contribution is -2.25. The molecule has 0 aliphatic rings. The molecule has 0 saturated heterocycles. The maximum absolute atomic E-state index is 11.7. The molecule has 4 aromatic rings. The van der Waals surface area contributed by atoms with Crippen molar-refractivity contribution < 1.29 is 4.79 Å². The van der Waals surface area contributed by atoms with E-state index in [2.05, 4.69) is 0 Å². The molecule has 0 fully saturated rings. The van der Waals surface area contributed by atoms with Crippen molar-refractivity contribution in [3.8, 4) is 0 Å². The average molecular weight is 336 g/mol. The first kappa shape index (κ1) is 15.0. The maximum atomic E-state index is 11.7. The van der Waals surface area contributed by atoms with Crippen LogP contribution in [0.3, 0.4) is 0 Å². The van der Waals surface area contributed by atoms with E-state index in [-0.39, 0.29) is 11.2 Å². The summed E-state index contributed by atoms with van der Waals surface area (Å²) in [4.78, 5) is 21.2. The number of rotatable bonds is 4. The lowest BCUT2D eigenvalue weighted by molar-refractivity contribution is -0.117. The van der Waals surface area contributed by atoms with E-state index >= 15 is 0 Å². The topological polar surface area (TPSA) is 73.3 Å². The number of carbonyl (C=O) groups excluding carboxylic acids is 1. The first-order valence-electron chi connectivity index (χ1n) is 7.81. The summed E-state index contributed by atoms with van der Waals surface area (Å²) in [6.45, 7) is 1.95. The zero-order valence-corrected chi connectivity index (χ0v) is 14.0. The van der Waals surface area contributed by atoms with Crippen molar-refractivity contribution in [1.29, 1.82) is 0 Å². The first-order chi connectivity index (χ1) is 11.7. The number of aromatic nitrogens is 3. The van der Waals surface area contributed by atoms with E-state index in [1.54, 1.807) is 0 Å². The van der Waals surface area contributed by atoms with Gasteiger partial charge in [-0.15, -0.1) is 0 Å². The third kappa shape index (κ3) is 2.30. The van der Waals surface area contributed by atoms with E-state index in [0.29, 0.717) is 6.42 Å². The van der Waals surface area contributed by atoms with Gasteiger partial charge in [-0.1, -0.05) is 43.0 Å². The lowest BCUT2D eigenvalue weighted by Gasteiger charge is -2.12. The van der Waals surface area contributed by atoms with Crippen molar-refractivity contribution in [3.05, 3.63) is 48.5 Å². The van der Waals surface area contributed by atoms with Crippen LogP contribution in [0.25, 0.3) is 27.6 Å². The van der Waals surface area contributed by atoms with Crippen LogP contribution in [0.5, 0.6) is 0 Å². The summed E-state index contributed by atoms with van der Waals surface area (Å²) >= 11 is 1.40. The van der Waals surface area contributed by atoms with Crippen LogP contribution in [0.1, 0.15) is 13.3 Å². The highest BCUT2D eigenvalue weighted by molar-refractivity contribution is 8.00. The van der Waals surface area contributed by atoms with Crippen molar-refractivity contribution in [2.24, 2.45) is 5.73 Å². The van der Waals surface area contributed by atoms with Gasteiger partial charge in [0.25, 0.3) is 0 Å². The SMILES string of the molecule is CCC(Sc1nc2ccccc2c2nc3ccccc3n12)C(N)=O. The van der Waals surface area contributed by atoms with Crippen LogP contribution < -0.4 is 5.73 Å². The molecule has 2 heterocycles. The average Bonchev–Trinajstić information content (AvgIpc) is 2.99. The molecule has 120 valence electrons. The van der Waals surface area contributed by atoms with Gasteiger partial charge in [0, 0.05) is 5.39 Å². The van der Waals surface area contributed by atoms with Gasteiger partial charge < -0.3 is 5.73 Å². The Morgan fingerprint density at radius 3 is 2.58 bits per heavy atom. The third-order valence-electron chi connectivity index (χ3n) is 4.05. The fraction of sp³-hybridized carbons (Fsp3) is 0.167. The monoisotopic (exact) mass is 336 g/mol. The number of carbonyl (C=O) groups is 1. The molecule has 0 spiro atoms. The maximum Gasteiger partial charge on any atom is 0.231 e. The van der Waals surface area contributed by atoms with Crippen LogP contribution >= 0.6 is 11.8 Å². The zero-order valence-electron chi connectivity index (χ0n) is 13.1. The summed E-state index contributed by atoms with van der Waals surface area (Å²) < 4.78 is 2.02. The highest BCUT2D eigenvalue weighted by atomic mass is 32.2. The lowest BCUT2D eigenvalue weighted by atomic mass is 10.2. The van der Waals surface area contributed by atoms with Gasteiger partial charge in [0.1, 0.15) is 5.65 Å². The molecule has 1 amide bonds. The van der Waals surface area contributed by atoms with Gasteiger partial charge in [0.15, 0.2) is 5.16 Å². The molecule has 5 nitrogen and oxygen atoms in total. The summed E-state index contributed by atoms with van der Waals surface area (Å²) in [7, 11) is 0. The zero-order chi connectivity index (χ0) is 16.7. The predicted octanol–water partition coefficient (Wildman–Crippen LogP) is 3.39. The number of para-hydroxylation sites is 3. The Bertz CT molecular complexity index is 1070. The van der Waals surface area contributed by atoms with Crippen molar-refractivity contribution in [3.63, 3.8) is 0 Å². The minimum absolute atomic E-state index is 0.317. The van der Waals surface area contributed by atoms with Crippen LogP contribution in [-0.4, -0.2) is 25.5 Å². The highest BCUT2D eigenvalue weighted by Crippen LogP contribution is 2.31. The van der Waals surface area contributed by atoms with E-state index in [1.807, 2.05) is 59.9 Å². The summed E-state index contributed by atoms with van der Waals surface area (Å²) in [5.41, 5.74) is 9.13. The number of fused-ring (bicyclic) bond motifs is 5. The summed E-state index contributed by atoms with van der Waals surface area (Å²) in [5, 5.41) is 1.41. The number of nitrogens with zero attached hydrogens (tertiary/aromatic N) is 3. The van der Waals surface area contributed by atoms with Crippen molar-refractivity contribution in [2.45, 2.75) is 23.8 Å². The number of benzene rings is 2. The van der Waals surface area contributed by atoms with Gasteiger partial charge >= 0.3 is 0 Å². The number of primary amides is 1. The summed E-state index contributed by atoms with van der Waals surface area (Å²) in [6.07, 6.45) is 0.655. The predicted molar refractivity (Wildman–Crippen MR) is 97.1 cm³/mol. The number of imidazole rings is 1.